The summed E-state index contributed by atoms with van der Waals surface area (Å²) in [5, 5.41) is 5.73. The van der Waals surface area contributed by atoms with Gasteiger partial charge in [-0.05, 0) is 54.8 Å². The first kappa shape index (κ1) is 19.5. The zero-order valence-electron chi connectivity index (χ0n) is 14.7. The molecular weight excluding hydrogens is 336 g/mol. The van der Waals surface area contributed by atoms with E-state index in [-0.39, 0.29) is 18.5 Å². The van der Waals surface area contributed by atoms with Gasteiger partial charge < -0.3 is 15.0 Å². The highest BCUT2D eigenvalue weighted by Crippen LogP contribution is 2.18. The third-order valence-electron chi connectivity index (χ3n) is 4.62. The van der Waals surface area contributed by atoms with Crippen molar-refractivity contribution in [3.05, 3.63) is 48.0 Å². The zero-order valence-corrected chi connectivity index (χ0v) is 15.6. The topological polar surface area (TPSA) is 41.6 Å². The Balaban J connectivity index is 0.00000225. The lowest BCUT2D eigenvalue weighted by Gasteiger charge is -2.33. The van der Waals surface area contributed by atoms with E-state index in [0.717, 1.165) is 44.5 Å². The number of carbonyl (C=O) groups excluding carboxylic acids is 1. The van der Waals surface area contributed by atoms with Crippen molar-refractivity contribution in [1.29, 1.82) is 0 Å². The van der Waals surface area contributed by atoms with Gasteiger partial charge in [0, 0.05) is 12.6 Å². The number of amides is 1. The number of carbonyl (C=O) groups is 1. The molecule has 5 heteroatoms. The molecule has 2 aromatic carbocycles. The van der Waals surface area contributed by atoms with Gasteiger partial charge in [0.1, 0.15) is 6.61 Å². The van der Waals surface area contributed by atoms with Gasteiger partial charge in [0.25, 0.3) is 0 Å². The van der Waals surface area contributed by atoms with Gasteiger partial charge in [0.15, 0.2) is 0 Å². The Bertz CT molecular complexity index is 686. The van der Waals surface area contributed by atoms with Gasteiger partial charge in [-0.3, -0.25) is 0 Å². The van der Waals surface area contributed by atoms with Crippen LogP contribution in [0.1, 0.15) is 31.7 Å². The molecule has 0 radical (unpaired) electrons. The van der Waals surface area contributed by atoms with E-state index in [2.05, 4.69) is 36.5 Å². The zero-order chi connectivity index (χ0) is 16.8. The summed E-state index contributed by atoms with van der Waals surface area (Å²) in [7, 11) is 0. The van der Waals surface area contributed by atoms with Gasteiger partial charge in [-0.1, -0.05) is 43.3 Å². The lowest BCUT2D eigenvalue weighted by atomic mass is 10.1. The highest BCUT2D eigenvalue weighted by atomic mass is 35.5. The molecule has 25 heavy (non-hydrogen) atoms. The van der Waals surface area contributed by atoms with Crippen LogP contribution in [0.3, 0.4) is 0 Å². The highest BCUT2D eigenvalue weighted by Gasteiger charge is 2.25. The van der Waals surface area contributed by atoms with Crippen molar-refractivity contribution in [2.75, 3.05) is 19.6 Å². The van der Waals surface area contributed by atoms with E-state index in [9.17, 15) is 4.79 Å². The van der Waals surface area contributed by atoms with Gasteiger partial charge in [0.05, 0.1) is 0 Å². The molecule has 0 aliphatic carbocycles. The van der Waals surface area contributed by atoms with E-state index in [1.807, 2.05) is 23.1 Å². The maximum absolute atomic E-state index is 12.6. The van der Waals surface area contributed by atoms with Crippen LogP contribution in [0.25, 0.3) is 10.8 Å². The van der Waals surface area contributed by atoms with E-state index in [1.165, 1.54) is 10.8 Å². The van der Waals surface area contributed by atoms with E-state index < -0.39 is 0 Å². The molecule has 3 rings (SSSR count). The molecule has 1 amide bonds. The summed E-state index contributed by atoms with van der Waals surface area (Å²) in [4.78, 5) is 14.5. The maximum Gasteiger partial charge on any atom is 0.410 e. The van der Waals surface area contributed by atoms with E-state index in [1.54, 1.807) is 0 Å². The van der Waals surface area contributed by atoms with Crippen molar-refractivity contribution in [3.8, 4) is 0 Å². The predicted molar refractivity (Wildman–Crippen MR) is 104 cm³/mol. The fourth-order valence-electron chi connectivity index (χ4n) is 3.34. The fraction of sp³-hybridized carbons (Fsp3) is 0.450. The molecular formula is C20H27ClN2O2. The molecule has 0 saturated carbocycles. The summed E-state index contributed by atoms with van der Waals surface area (Å²) < 4.78 is 5.61. The van der Waals surface area contributed by atoms with Crippen molar-refractivity contribution in [2.24, 2.45) is 0 Å². The SMILES string of the molecule is CCCN(C(=O)OCc1ccc2ccccc2c1)C1CCNCC1.Cl. The Labute approximate surface area is 155 Å². The standard InChI is InChI=1S/C20H26N2O2.ClH/c1-2-13-22(19-9-11-21-12-10-19)20(23)24-15-16-7-8-17-5-3-4-6-18(17)14-16;/h3-8,14,19,21H,2,9-13,15H2,1H3;1H. The van der Waals surface area contributed by atoms with Crippen LogP contribution in [-0.2, 0) is 11.3 Å². The normalized spacial score (nSPS) is 14.8. The molecule has 136 valence electrons. The third-order valence-corrected chi connectivity index (χ3v) is 4.62. The van der Waals surface area contributed by atoms with Crippen LogP contribution < -0.4 is 5.32 Å². The fourth-order valence-corrected chi connectivity index (χ4v) is 3.34. The Morgan fingerprint density at radius 2 is 1.88 bits per heavy atom. The lowest BCUT2D eigenvalue weighted by Crippen LogP contribution is -2.46. The minimum atomic E-state index is -0.183. The second-order valence-corrected chi connectivity index (χ2v) is 6.41. The number of piperidine rings is 1. The Morgan fingerprint density at radius 3 is 2.60 bits per heavy atom. The molecule has 1 fully saturated rings. The van der Waals surface area contributed by atoms with Crippen LogP contribution >= 0.6 is 12.4 Å². The van der Waals surface area contributed by atoms with Crippen LogP contribution in [0.15, 0.2) is 42.5 Å². The number of nitrogens with zero attached hydrogens (tertiary/aromatic N) is 1. The monoisotopic (exact) mass is 362 g/mol. The number of benzene rings is 2. The molecule has 0 spiro atoms. The van der Waals surface area contributed by atoms with Crippen LogP contribution in [-0.4, -0.2) is 36.7 Å². The van der Waals surface area contributed by atoms with Crippen molar-refractivity contribution in [3.63, 3.8) is 0 Å². The Hall–Kier alpha value is -1.78. The first-order chi connectivity index (χ1) is 11.8. The van der Waals surface area contributed by atoms with E-state index >= 15 is 0 Å². The predicted octanol–water partition coefficient (Wildman–Crippen LogP) is 4.36. The van der Waals surface area contributed by atoms with Crippen LogP contribution in [0.5, 0.6) is 0 Å². The van der Waals surface area contributed by atoms with E-state index in [0.29, 0.717) is 12.6 Å². The summed E-state index contributed by atoms with van der Waals surface area (Å²) in [5.74, 6) is 0. The van der Waals surface area contributed by atoms with E-state index in [4.69, 9.17) is 4.74 Å². The van der Waals surface area contributed by atoms with Crippen molar-refractivity contribution >= 4 is 29.3 Å². The molecule has 1 saturated heterocycles. The average molecular weight is 363 g/mol. The largest absolute Gasteiger partial charge is 0.445 e. The quantitative estimate of drug-likeness (QED) is 0.859. The van der Waals surface area contributed by atoms with Crippen LogP contribution in [0.2, 0.25) is 0 Å². The summed E-state index contributed by atoms with van der Waals surface area (Å²) >= 11 is 0. The number of halogens is 1. The second-order valence-electron chi connectivity index (χ2n) is 6.41. The molecule has 1 N–H and O–H groups in total. The maximum atomic E-state index is 12.6. The minimum absolute atomic E-state index is 0. The number of hydrogen-bond acceptors (Lipinski definition) is 3. The highest BCUT2D eigenvalue weighted by molar-refractivity contribution is 5.85. The summed E-state index contributed by atoms with van der Waals surface area (Å²) in [6.07, 6.45) is 2.78. The molecule has 0 atom stereocenters. The number of nitrogens with one attached hydrogen (secondary N) is 1. The molecule has 1 aliphatic rings. The third kappa shape index (κ3) is 5.10. The molecule has 0 unspecified atom stereocenters. The first-order valence-electron chi connectivity index (χ1n) is 8.89. The van der Waals surface area contributed by atoms with Gasteiger partial charge in [0.2, 0.25) is 0 Å². The number of fused-ring (bicyclic) bond motifs is 1. The van der Waals surface area contributed by atoms with Crippen molar-refractivity contribution in [1.82, 2.24) is 10.2 Å². The van der Waals surface area contributed by atoms with Crippen LogP contribution in [0, 0.1) is 0 Å². The molecule has 1 aliphatic heterocycles. The summed E-state index contributed by atoms with van der Waals surface area (Å²) in [5.41, 5.74) is 1.03. The molecule has 0 aromatic heterocycles. The second kappa shape index (κ2) is 9.64. The lowest BCUT2D eigenvalue weighted by molar-refractivity contribution is 0.0734. The molecule has 1 heterocycles. The summed E-state index contributed by atoms with van der Waals surface area (Å²) in [6, 6.07) is 14.7. The van der Waals surface area contributed by atoms with Crippen LogP contribution in [0.4, 0.5) is 4.79 Å². The smallest absolute Gasteiger partial charge is 0.410 e. The van der Waals surface area contributed by atoms with Gasteiger partial charge in [-0.15, -0.1) is 12.4 Å². The Morgan fingerprint density at radius 1 is 1.16 bits per heavy atom. The Kier molecular flexibility index (Phi) is 7.53. The minimum Gasteiger partial charge on any atom is -0.445 e. The van der Waals surface area contributed by atoms with Gasteiger partial charge >= 0.3 is 6.09 Å². The van der Waals surface area contributed by atoms with Crippen molar-refractivity contribution in [2.45, 2.75) is 38.8 Å². The number of ether oxygens (including phenoxy) is 1. The number of hydrogen-bond donors (Lipinski definition) is 1. The van der Waals surface area contributed by atoms with Gasteiger partial charge in [-0.25, -0.2) is 4.79 Å². The van der Waals surface area contributed by atoms with Crippen molar-refractivity contribution < 1.29 is 9.53 Å². The van der Waals surface area contributed by atoms with Gasteiger partial charge in [-0.2, -0.15) is 0 Å². The molecule has 4 nitrogen and oxygen atoms in total. The molecule has 0 bridgehead atoms. The molecule has 2 aromatic rings. The first-order valence-corrected chi connectivity index (χ1v) is 8.89. The average Bonchev–Trinajstić information content (AvgIpc) is 2.64. The summed E-state index contributed by atoms with van der Waals surface area (Å²) in [6.45, 7) is 5.15. The number of rotatable bonds is 5.